The van der Waals surface area contributed by atoms with Gasteiger partial charge in [-0.15, -0.1) is 0 Å². The Labute approximate surface area is 184 Å². The second-order valence-corrected chi connectivity index (χ2v) is 7.93. The Morgan fingerprint density at radius 3 is 2.74 bits per heavy atom. The lowest BCUT2D eigenvalue weighted by Gasteiger charge is -2.36. The lowest BCUT2D eigenvalue weighted by Crippen LogP contribution is -2.51. The Balaban J connectivity index is 1.84. The van der Waals surface area contributed by atoms with E-state index in [4.69, 9.17) is 30.5 Å². The highest BCUT2D eigenvalue weighted by Crippen LogP contribution is 2.54. The Morgan fingerprint density at radius 2 is 2.06 bits per heavy atom. The van der Waals surface area contributed by atoms with E-state index in [1.54, 1.807) is 24.8 Å². The molecule has 0 unspecified atom stereocenters. The average molecular weight is 447 g/mol. The number of benzene rings is 1. The second kappa shape index (κ2) is 8.01. The van der Waals surface area contributed by atoms with Crippen molar-refractivity contribution in [3.63, 3.8) is 0 Å². The van der Waals surface area contributed by atoms with Crippen LogP contribution in [-0.2, 0) is 20.8 Å². The van der Waals surface area contributed by atoms with Crippen LogP contribution in [0.3, 0.4) is 0 Å². The highest BCUT2D eigenvalue weighted by molar-refractivity contribution is 6.36. The lowest BCUT2D eigenvalue weighted by atomic mass is 9.75. The number of Topliss-reactive ketones (excluding diaryl/α,β-unsaturated/α-hetero) is 1. The number of ether oxygens (including phenoxy) is 4. The Bertz CT molecular complexity index is 1090. The molecule has 1 aliphatic heterocycles. The molecule has 0 amide bonds. The van der Waals surface area contributed by atoms with Gasteiger partial charge in [-0.2, -0.15) is 5.10 Å². The fraction of sp³-hybridized carbons (Fsp3) is 0.409. The van der Waals surface area contributed by atoms with Gasteiger partial charge in [-0.1, -0.05) is 18.5 Å². The van der Waals surface area contributed by atoms with Crippen molar-refractivity contribution in [2.75, 3.05) is 27.9 Å². The van der Waals surface area contributed by atoms with Crippen molar-refractivity contribution in [2.24, 2.45) is 5.92 Å². The maximum atomic E-state index is 13.6. The molecule has 1 aromatic carbocycles. The summed E-state index contributed by atoms with van der Waals surface area (Å²) in [4.78, 5) is 25.7. The molecular weight excluding hydrogens is 424 g/mol. The van der Waals surface area contributed by atoms with E-state index in [1.165, 1.54) is 20.3 Å². The zero-order valence-electron chi connectivity index (χ0n) is 17.7. The van der Waals surface area contributed by atoms with Gasteiger partial charge in [-0.05, 0) is 12.1 Å². The molecule has 1 aromatic heterocycles. The predicted molar refractivity (Wildman–Crippen MR) is 113 cm³/mol. The first-order valence-electron chi connectivity index (χ1n) is 9.83. The van der Waals surface area contributed by atoms with Crippen molar-refractivity contribution in [1.29, 1.82) is 0 Å². The fourth-order valence-corrected chi connectivity index (χ4v) is 4.46. The number of hydrogen-bond donors (Lipinski definition) is 0. The van der Waals surface area contributed by atoms with Gasteiger partial charge in [0.2, 0.25) is 11.4 Å². The van der Waals surface area contributed by atoms with Gasteiger partial charge in [-0.25, -0.2) is 0 Å². The molecule has 2 atom stereocenters. The summed E-state index contributed by atoms with van der Waals surface area (Å²) >= 11 is 6.73. The second-order valence-electron chi connectivity index (χ2n) is 7.55. The third kappa shape index (κ3) is 3.21. The summed E-state index contributed by atoms with van der Waals surface area (Å²) in [6.07, 6.45) is 3.30. The summed E-state index contributed by atoms with van der Waals surface area (Å²) in [5.41, 5.74) is -0.0493. The molecule has 0 N–H and O–H groups in total. The van der Waals surface area contributed by atoms with Crippen LogP contribution < -0.4 is 9.47 Å². The van der Waals surface area contributed by atoms with Crippen molar-refractivity contribution in [1.82, 2.24) is 9.78 Å². The third-order valence-corrected chi connectivity index (χ3v) is 6.13. The van der Waals surface area contributed by atoms with Gasteiger partial charge in [0.15, 0.2) is 17.3 Å². The minimum absolute atomic E-state index is 0.123. The van der Waals surface area contributed by atoms with Crippen molar-refractivity contribution >= 4 is 23.2 Å². The normalized spacial score (nSPS) is 22.4. The number of rotatable bonds is 6. The van der Waals surface area contributed by atoms with Gasteiger partial charge < -0.3 is 18.9 Å². The van der Waals surface area contributed by atoms with Crippen molar-refractivity contribution in [3.05, 3.63) is 40.8 Å². The molecule has 2 aromatic rings. The van der Waals surface area contributed by atoms with Crippen LogP contribution >= 0.6 is 11.6 Å². The van der Waals surface area contributed by atoms with Crippen LogP contribution in [0.25, 0.3) is 11.3 Å². The first-order valence-corrected chi connectivity index (χ1v) is 10.2. The Morgan fingerprint density at radius 1 is 1.29 bits per heavy atom. The quantitative estimate of drug-likeness (QED) is 0.672. The standard InChI is InChI=1S/C22H23ClN2O6/c1-12-9-13(26)10-17(30-4)22(12)21(27)18-16(29-3)11-14(19(23)20(18)31-22)15-5-6-25(24-15)7-8-28-2/h5-6,10-12H,7-9H2,1-4H3/t12-,22+/m1/s1. The summed E-state index contributed by atoms with van der Waals surface area (Å²) in [7, 11) is 4.51. The molecule has 0 bridgehead atoms. The van der Waals surface area contributed by atoms with Crippen LogP contribution in [0, 0.1) is 5.92 Å². The van der Waals surface area contributed by atoms with Gasteiger partial charge in [0.25, 0.3) is 0 Å². The molecule has 0 saturated carbocycles. The van der Waals surface area contributed by atoms with Crippen LogP contribution in [0.5, 0.6) is 11.5 Å². The highest BCUT2D eigenvalue weighted by Gasteiger charge is 2.59. The SMILES string of the molecule is COCCn1ccc(-c2cc(OC)c3c(c2Cl)O[C@]2(C3=O)C(OC)=CC(=O)C[C@H]2C)n1. The molecule has 8 nitrogen and oxygen atoms in total. The Kier molecular flexibility index (Phi) is 5.53. The number of fused-ring (bicyclic) bond motifs is 1. The monoisotopic (exact) mass is 446 g/mol. The first kappa shape index (κ1) is 21.4. The number of halogens is 1. The maximum Gasteiger partial charge on any atom is 0.231 e. The van der Waals surface area contributed by atoms with Gasteiger partial charge in [0, 0.05) is 37.3 Å². The van der Waals surface area contributed by atoms with Crippen LogP contribution in [-0.4, -0.2) is 54.9 Å². The lowest BCUT2D eigenvalue weighted by molar-refractivity contribution is -0.118. The molecule has 2 heterocycles. The highest BCUT2D eigenvalue weighted by atomic mass is 35.5. The number of hydrogen-bond acceptors (Lipinski definition) is 7. The minimum atomic E-state index is -1.46. The van der Waals surface area contributed by atoms with Gasteiger partial charge >= 0.3 is 0 Å². The molecule has 0 fully saturated rings. The molecule has 2 aliphatic rings. The topological polar surface area (TPSA) is 88.9 Å². The number of carbonyl (C=O) groups is 2. The first-order chi connectivity index (χ1) is 14.9. The maximum absolute atomic E-state index is 13.6. The number of ketones is 2. The summed E-state index contributed by atoms with van der Waals surface area (Å²) in [6, 6.07) is 3.50. The van der Waals surface area contributed by atoms with Crippen LogP contribution in [0.15, 0.2) is 30.2 Å². The van der Waals surface area contributed by atoms with Crippen molar-refractivity contribution in [2.45, 2.75) is 25.5 Å². The smallest absolute Gasteiger partial charge is 0.231 e. The molecule has 0 radical (unpaired) electrons. The molecule has 1 aliphatic carbocycles. The number of carbonyl (C=O) groups excluding carboxylic acids is 2. The number of nitrogens with zero attached hydrogens (tertiary/aromatic N) is 2. The van der Waals surface area contributed by atoms with E-state index in [0.717, 1.165) is 0 Å². The zero-order valence-corrected chi connectivity index (χ0v) is 18.5. The summed E-state index contributed by atoms with van der Waals surface area (Å²) < 4.78 is 24.0. The Hall–Kier alpha value is -2.84. The van der Waals surface area contributed by atoms with Gasteiger partial charge in [0.1, 0.15) is 11.3 Å². The molecule has 164 valence electrons. The molecule has 0 saturated heterocycles. The molecular formula is C22H23ClN2O6. The summed E-state index contributed by atoms with van der Waals surface area (Å²) in [5, 5.41) is 4.78. The largest absolute Gasteiger partial charge is 0.496 e. The van der Waals surface area contributed by atoms with Crippen molar-refractivity contribution < 1.29 is 28.5 Å². The van der Waals surface area contributed by atoms with E-state index in [2.05, 4.69) is 5.10 Å². The van der Waals surface area contributed by atoms with Crippen LogP contribution in [0.4, 0.5) is 0 Å². The summed E-state index contributed by atoms with van der Waals surface area (Å²) in [6.45, 7) is 2.89. The number of methoxy groups -OCH3 is 3. The van der Waals surface area contributed by atoms with E-state index < -0.39 is 11.5 Å². The fourth-order valence-electron chi connectivity index (χ4n) is 4.17. The molecule has 31 heavy (non-hydrogen) atoms. The average Bonchev–Trinajstić information content (AvgIpc) is 3.34. The van der Waals surface area contributed by atoms with Crippen molar-refractivity contribution in [3.8, 4) is 22.8 Å². The van der Waals surface area contributed by atoms with E-state index in [0.29, 0.717) is 30.2 Å². The molecule has 9 heteroatoms. The van der Waals surface area contributed by atoms with Crippen LogP contribution in [0.2, 0.25) is 5.02 Å². The zero-order chi connectivity index (χ0) is 22.3. The molecule has 4 rings (SSSR count). The van der Waals surface area contributed by atoms with Gasteiger partial charge in [0.05, 0.1) is 38.1 Å². The predicted octanol–water partition coefficient (Wildman–Crippen LogP) is 3.31. The third-order valence-electron chi connectivity index (χ3n) is 5.75. The summed E-state index contributed by atoms with van der Waals surface area (Å²) in [5.74, 6) is -0.216. The number of aromatic nitrogens is 2. The van der Waals surface area contributed by atoms with E-state index in [-0.39, 0.29) is 40.1 Å². The number of allylic oxidation sites excluding steroid dienone is 1. The van der Waals surface area contributed by atoms with E-state index in [1.807, 2.05) is 12.3 Å². The van der Waals surface area contributed by atoms with E-state index in [9.17, 15) is 9.59 Å². The molecule has 1 spiro atoms. The van der Waals surface area contributed by atoms with E-state index >= 15 is 0 Å². The van der Waals surface area contributed by atoms with Gasteiger partial charge in [-0.3, -0.25) is 14.3 Å². The van der Waals surface area contributed by atoms with Crippen LogP contribution in [0.1, 0.15) is 23.7 Å². The minimum Gasteiger partial charge on any atom is -0.496 e.